The van der Waals surface area contributed by atoms with E-state index in [0.717, 1.165) is 25.7 Å². The van der Waals surface area contributed by atoms with E-state index >= 15 is 0 Å². The monoisotopic (exact) mass is 377 g/mol. The Kier molecular flexibility index (Phi) is 6.81. The lowest BCUT2D eigenvalue weighted by Crippen LogP contribution is -2.41. The number of carbonyl (C=O) groups excluding carboxylic acids is 2. The standard InChI is InChI=1S/C15H18Cl3N3O2/c16-10-6-11(17)14(12(18)7-10)21-20-13(22)8-19-15(23)9-4-2-1-3-5-9/h6-7,9,21H,1-5,8H2,(H,19,23)(H,20,22). The molecule has 1 fully saturated rings. The fraction of sp³-hybridized carbons (Fsp3) is 0.467. The first kappa shape index (κ1) is 18.2. The second-order valence-electron chi connectivity index (χ2n) is 5.47. The second kappa shape index (κ2) is 8.62. The molecule has 0 bridgehead atoms. The Labute approximate surface area is 150 Å². The molecule has 0 radical (unpaired) electrons. The van der Waals surface area contributed by atoms with Crippen molar-refractivity contribution >= 4 is 52.3 Å². The van der Waals surface area contributed by atoms with Crippen LogP contribution in [0.3, 0.4) is 0 Å². The van der Waals surface area contributed by atoms with E-state index in [1.165, 1.54) is 18.6 Å². The fourth-order valence-corrected chi connectivity index (χ4v) is 3.43. The van der Waals surface area contributed by atoms with Crippen molar-refractivity contribution in [3.8, 4) is 0 Å². The summed E-state index contributed by atoms with van der Waals surface area (Å²) in [5, 5.41) is 3.62. The molecule has 23 heavy (non-hydrogen) atoms. The van der Waals surface area contributed by atoms with Crippen LogP contribution in [0.15, 0.2) is 12.1 Å². The van der Waals surface area contributed by atoms with Gasteiger partial charge in [0.2, 0.25) is 5.91 Å². The molecule has 0 heterocycles. The van der Waals surface area contributed by atoms with Crippen LogP contribution in [0.2, 0.25) is 15.1 Å². The molecular weight excluding hydrogens is 361 g/mol. The third-order valence-corrected chi connectivity index (χ3v) is 4.55. The zero-order valence-electron chi connectivity index (χ0n) is 12.4. The summed E-state index contributed by atoms with van der Waals surface area (Å²) < 4.78 is 0. The summed E-state index contributed by atoms with van der Waals surface area (Å²) in [6.45, 7) is -0.106. The Bertz CT molecular complexity index is 566. The Balaban J connectivity index is 1.78. The maximum Gasteiger partial charge on any atom is 0.257 e. The van der Waals surface area contributed by atoms with Crippen LogP contribution in [-0.4, -0.2) is 18.4 Å². The molecule has 5 nitrogen and oxygen atoms in total. The van der Waals surface area contributed by atoms with Gasteiger partial charge in [-0.05, 0) is 25.0 Å². The minimum Gasteiger partial charge on any atom is -0.347 e. The molecule has 1 aromatic carbocycles. The maximum absolute atomic E-state index is 12.0. The van der Waals surface area contributed by atoms with E-state index in [2.05, 4.69) is 16.2 Å². The molecule has 0 aromatic heterocycles. The zero-order chi connectivity index (χ0) is 16.8. The summed E-state index contributed by atoms with van der Waals surface area (Å²) in [5.74, 6) is -0.441. The first-order valence-electron chi connectivity index (χ1n) is 7.44. The van der Waals surface area contributed by atoms with Crippen molar-refractivity contribution in [2.45, 2.75) is 32.1 Å². The van der Waals surface area contributed by atoms with Gasteiger partial charge < -0.3 is 5.32 Å². The predicted molar refractivity (Wildman–Crippen MR) is 92.8 cm³/mol. The van der Waals surface area contributed by atoms with E-state index in [4.69, 9.17) is 34.8 Å². The number of halogens is 3. The van der Waals surface area contributed by atoms with E-state index in [1.807, 2.05) is 0 Å². The van der Waals surface area contributed by atoms with E-state index in [1.54, 1.807) is 0 Å². The summed E-state index contributed by atoms with van der Waals surface area (Å²) in [5.41, 5.74) is 5.43. The van der Waals surface area contributed by atoms with Gasteiger partial charge in [-0.3, -0.25) is 20.4 Å². The average molecular weight is 379 g/mol. The van der Waals surface area contributed by atoms with Crippen LogP contribution >= 0.6 is 34.8 Å². The lowest BCUT2D eigenvalue weighted by atomic mass is 9.89. The SMILES string of the molecule is O=C(CNC(=O)C1CCCCC1)NNc1c(Cl)cc(Cl)cc1Cl. The van der Waals surface area contributed by atoms with Crippen molar-refractivity contribution in [2.24, 2.45) is 5.92 Å². The topological polar surface area (TPSA) is 70.2 Å². The van der Waals surface area contributed by atoms with Crippen molar-refractivity contribution in [1.82, 2.24) is 10.7 Å². The van der Waals surface area contributed by atoms with Gasteiger partial charge in [-0.15, -0.1) is 0 Å². The molecule has 126 valence electrons. The van der Waals surface area contributed by atoms with Crippen LogP contribution in [0.25, 0.3) is 0 Å². The van der Waals surface area contributed by atoms with Gasteiger partial charge in [0, 0.05) is 10.9 Å². The Hall–Kier alpha value is -1.17. The number of anilines is 1. The van der Waals surface area contributed by atoms with Gasteiger partial charge in [0.15, 0.2) is 0 Å². The van der Waals surface area contributed by atoms with Crippen molar-refractivity contribution in [1.29, 1.82) is 0 Å². The van der Waals surface area contributed by atoms with Crippen LogP contribution in [0.5, 0.6) is 0 Å². The van der Waals surface area contributed by atoms with Crippen LogP contribution in [0.1, 0.15) is 32.1 Å². The smallest absolute Gasteiger partial charge is 0.257 e. The minimum atomic E-state index is -0.392. The molecule has 0 atom stereocenters. The van der Waals surface area contributed by atoms with Gasteiger partial charge in [0.1, 0.15) is 0 Å². The second-order valence-corrected chi connectivity index (χ2v) is 6.72. The van der Waals surface area contributed by atoms with E-state index < -0.39 is 5.91 Å². The lowest BCUT2D eigenvalue weighted by Gasteiger charge is -2.20. The summed E-state index contributed by atoms with van der Waals surface area (Å²) in [6.07, 6.45) is 5.10. The third kappa shape index (κ3) is 5.44. The summed E-state index contributed by atoms with van der Waals surface area (Å²) in [4.78, 5) is 23.7. The minimum absolute atomic E-state index is 0.0182. The van der Waals surface area contributed by atoms with Crippen molar-refractivity contribution in [2.75, 3.05) is 12.0 Å². The highest BCUT2D eigenvalue weighted by Gasteiger charge is 2.21. The first-order valence-corrected chi connectivity index (χ1v) is 8.58. The van der Waals surface area contributed by atoms with Crippen molar-refractivity contribution in [3.63, 3.8) is 0 Å². The molecule has 3 N–H and O–H groups in total. The molecule has 0 aliphatic heterocycles. The van der Waals surface area contributed by atoms with Crippen LogP contribution in [-0.2, 0) is 9.59 Å². The summed E-state index contributed by atoms with van der Waals surface area (Å²) in [7, 11) is 0. The highest BCUT2D eigenvalue weighted by atomic mass is 35.5. The third-order valence-electron chi connectivity index (χ3n) is 3.73. The average Bonchev–Trinajstić information content (AvgIpc) is 2.52. The largest absolute Gasteiger partial charge is 0.347 e. The maximum atomic E-state index is 12.0. The number of nitrogens with one attached hydrogen (secondary N) is 3. The molecule has 2 amide bonds. The molecule has 0 spiro atoms. The molecule has 0 saturated heterocycles. The number of amides is 2. The normalized spacial score (nSPS) is 15.1. The van der Waals surface area contributed by atoms with Crippen LogP contribution < -0.4 is 16.2 Å². The van der Waals surface area contributed by atoms with Gasteiger partial charge in [0.25, 0.3) is 5.91 Å². The Morgan fingerprint density at radius 2 is 1.65 bits per heavy atom. The highest BCUT2D eigenvalue weighted by Crippen LogP contribution is 2.33. The summed E-state index contributed by atoms with van der Waals surface area (Å²) in [6, 6.07) is 3.02. The molecule has 1 aliphatic carbocycles. The van der Waals surface area contributed by atoms with Crippen molar-refractivity contribution < 1.29 is 9.59 Å². The van der Waals surface area contributed by atoms with Gasteiger partial charge in [-0.2, -0.15) is 0 Å². The van der Waals surface area contributed by atoms with E-state index in [0.29, 0.717) is 10.7 Å². The first-order chi connectivity index (χ1) is 11.0. The van der Waals surface area contributed by atoms with Gasteiger partial charge in [-0.25, -0.2) is 0 Å². The van der Waals surface area contributed by atoms with E-state index in [9.17, 15) is 9.59 Å². The molecular formula is C15H18Cl3N3O2. The number of carbonyl (C=O) groups is 2. The van der Waals surface area contributed by atoms with Crippen molar-refractivity contribution in [3.05, 3.63) is 27.2 Å². The zero-order valence-corrected chi connectivity index (χ0v) is 14.7. The Morgan fingerprint density at radius 1 is 1.04 bits per heavy atom. The number of hydrazine groups is 1. The number of hydrogen-bond donors (Lipinski definition) is 3. The highest BCUT2D eigenvalue weighted by molar-refractivity contribution is 6.41. The molecule has 2 rings (SSSR count). The quantitative estimate of drug-likeness (QED) is 0.683. The lowest BCUT2D eigenvalue weighted by molar-refractivity contribution is -0.129. The van der Waals surface area contributed by atoms with Crippen LogP contribution in [0, 0.1) is 5.92 Å². The molecule has 0 unspecified atom stereocenters. The molecule has 8 heteroatoms. The number of rotatable bonds is 5. The number of hydrogen-bond acceptors (Lipinski definition) is 3. The predicted octanol–water partition coefficient (Wildman–Crippen LogP) is 3.79. The summed E-state index contributed by atoms with van der Waals surface area (Å²) >= 11 is 17.8. The van der Waals surface area contributed by atoms with Crippen LogP contribution in [0.4, 0.5) is 5.69 Å². The van der Waals surface area contributed by atoms with E-state index in [-0.39, 0.29) is 28.4 Å². The molecule has 1 saturated carbocycles. The van der Waals surface area contributed by atoms with Gasteiger partial charge >= 0.3 is 0 Å². The fourth-order valence-electron chi connectivity index (χ4n) is 2.51. The van der Waals surface area contributed by atoms with Gasteiger partial charge in [-0.1, -0.05) is 54.1 Å². The molecule has 1 aliphatic rings. The van der Waals surface area contributed by atoms with Gasteiger partial charge in [0.05, 0.1) is 22.3 Å². The number of benzene rings is 1. The molecule has 1 aromatic rings. The Morgan fingerprint density at radius 3 is 2.26 bits per heavy atom.